The number of aliphatic imine (C=N–C) groups is 2. The third-order valence-electron chi connectivity index (χ3n) is 5.87. The van der Waals surface area contributed by atoms with Crippen molar-refractivity contribution in [3.8, 4) is 0 Å². The first-order chi connectivity index (χ1) is 18.1. The molecule has 221 valence electrons. The van der Waals surface area contributed by atoms with Crippen LogP contribution in [-0.2, 0) is 36.8 Å². The number of fused-ring (bicyclic) bond motifs is 1. The molecule has 21 nitrogen and oxygen atoms in total. The molecule has 4 rings (SSSR count). The normalized spacial score (nSPS) is 40.5. The zero-order valence-electron chi connectivity index (χ0n) is 20.3. The summed E-state index contributed by atoms with van der Waals surface area (Å²) in [5, 5.41) is 68.9. The fraction of sp³-hybridized carbons (Fsp3) is 0.750. The predicted octanol–water partition coefficient (Wildman–Crippen LogP) is -5.72. The molecule has 12 atom stereocenters. The predicted molar refractivity (Wildman–Crippen MR) is 125 cm³/mol. The van der Waals surface area contributed by atoms with Gasteiger partial charge in [0.05, 0.1) is 19.6 Å². The van der Waals surface area contributed by atoms with Crippen LogP contribution in [0.15, 0.2) is 9.98 Å². The van der Waals surface area contributed by atoms with Crippen molar-refractivity contribution in [1.29, 1.82) is 5.41 Å². The fourth-order valence-electron chi connectivity index (χ4n) is 3.96. The summed E-state index contributed by atoms with van der Waals surface area (Å²) < 4.78 is 48.0. The van der Waals surface area contributed by atoms with Crippen LogP contribution in [0.2, 0.25) is 0 Å². The standard InChI is InChI=1S/C16H25N5O16P2.Na/c17-16-19-12-6(13(28)20-16)18-3-21(12)14-10(26)8(24)5(34-14)2-33-38(29,30)37-39(31,32)36-15-11(27)9(25)7(23)4(1-22)35-15;/h3-11,14-15,22-27H,1-2H2,(H,29,30)(H,31,32)(H2,17,20,28);/t4-,5-,6?,7-,8-,9+,10-,11+,14-,15?;/m1./s1. The Bertz CT molecular complexity index is 1140. The van der Waals surface area contributed by atoms with Crippen LogP contribution in [0, 0.1) is 5.41 Å². The Morgan fingerprint density at radius 1 is 1.00 bits per heavy atom. The number of amides is 1. The van der Waals surface area contributed by atoms with Crippen LogP contribution in [0.25, 0.3) is 0 Å². The van der Waals surface area contributed by atoms with Crippen LogP contribution in [0.4, 0.5) is 0 Å². The summed E-state index contributed by atoms with van der Waals surface area (Å²) in [7, 11) is -11.1. The van der Waals surface area contributed by atoms with Gasteiger partial charge in [-0.2, -0.15) is 9.30 Å². The minimum Gasteiger partial charge on any atom is -0.394 e. The molecular weight excluding hydrogens is 603 g/mol. The zero-order chi connectivity index (χ0) is 28.9. The first-order valence-electron chi connectivity index (χ1n) is 11.0. The van der Waals surface area contributed by atoms with Gasteiger partial charge < -0.3 is 49.9 Å². The quantitative estimate of drug-likeness (QED) is 0.0840. The Morgan fingerprint density at radius 2 is 1.65 bits per heavy atom. The summed E-state index contributed by atoms with van der Waals surface area (Å²) in [6, 6.07) is -1.14. The maximum absolute atomic E-state index is 12.3. The second-order valence-corrected chi connectivity index (χ2v) is 11.5. The molecule has 0 bridgehead atoms. The third-order valence-corrected chi connectivity index (χ3v) is 8.47. The van der Waals surface area contributed by atoms with E-state index in [1.807, 2.05) is 0 Å². The number of aliphatic hydroxyl groups excluding tert-OH is 6. The topological polar surface area (TPSA) is 323 Å². The van der Waals surface area contributed by atoms with Crippen molar-refractivity contribution in [2.24, 2.45) is 9.98 Å². The molecule has 0 aromatic rings. The summed E-state index contributed by atoms with van der Waals surface area (Å²) in [6.45, 7) is -1.90. The van der Waals surface area contributed by atoms with Gasteiger partial charge in [-0.1, -0.05) is 0 Å². The van der Waals surface area contributed by atoms with Crippen molar-refractivity contribution >= 4 is 69.2 Å². The summed E-state index contributed by atoms with van der Waals surface area (Å²) in [5.74, 6) is -1.27. The summed E-state index contributed by atoms with van der Waals surface area (Å²) in [5.41, 5.74) is 0. The molecule has 10 N–H and O–H groups in total. The summed E-state index contributed by atoms with van der Waals surface area (Å²) in [4.78, 5) is 40.5. The van der Waals surface area contributed by atoms with Crippen molar-refractivity contribution in [2.75, 3.05) is 13.2 Å². The largest absolute Gasteiger partial charge is 0.483 e. The Balaban J connectivity index is 0.00000441. The molecule has 0 saturated carbocycles. The van der Waals surface area contributed by atoms with Crippen molar-refractivity contribution in [3.63, 3.8) is 0 Å². The number of phosphoric ester groups is 2. The Morgan fingerprint density at radius 3 is 2.30 bits per heavy atom. The Hall–Kier alpha value is -0.780. The van der Waals surface area contributed by atoms with E-state index in [9.17, 15) is 49.2 Å². The number of amidine groups is 1. The number of guanidine groups is 1. The van der Waals surface area contributed by atoms with Gasteiger partial charge in [0.2, 0.25) is 5.96 Å². The summed E-state index contributed by atoms with van der Waals surface area (Å²) in [6.07, 6.45) is -15.0. The van der Waals surface area contributed by atoms with Gasteiger partial charge in [-0.15, -0.1) is 0 Å². The van der Waals surface area contributed by atoms with E-state index in [-0.39, 0.29) is 35.4 Å². The van der Waals surface area contributed by atoms with Crippen LogP contribution in [0.3, 0.4) is 0 Å². The number of ether oxygens (including phenoxy) is 2. The Labute approximate surface area is 246 Å². The third kappa shape index (κ3) is 7.05. The van der Waals surface area contributed by atoms with Crippen molar-refractivity contribution < 1.29 is 77.2 Å². The van der Waals surface area contributed by atoms with Gasteiger partial charge in [-0.3, -0.25) is 34.5 Å². The number of nitrogens with one attached hydrogen (secondary N) is 2. The van der Waals surface area contributed by atoms with E-state index in [2.05, 4.69) is 28.7 Å². The van der Waals surface area contributed by atoms with Crippen LogP contribution < -0.4 is 5.32 Å². The minimum atomic E-state index is -5.60. The first-order valence-corrected chi connectivity index (χ1v) is 13.9. The molecule has 2 saturated heterocycles. The number of hydrogen-bond acceptors (Lipinski definition) is 17. The average molecular weight is 628 g/mol. The number of carbonyl (C=O) groups is 1. The van der Waals surface area contributed by atoms with E-state index in [0.717, 1.165) is 11.2 Å². The van der Waals surface area contributed by atoms with E-state index >= 15 is 0 Å². The smallest absolute Gasteiger partial charge is 0.394 e. The molecular formula is C16H25N5NaO16P2. The first kappa shape index (κ1) is 33.7. The molecule has 0 aliphatic carbocycles. The van der Waals surface area contributed by atoms with Crippen molar-refractivity contribution in [2.45, 2.75) is 61.3 Å². The number of aliphatic hydroxyl groups is 6. The van der Waals surface area contributed by atoms with E-state index < -0.39 is 102 Å². The molecule has 4 aliphatic rings. The van der Waals surface area contributed by atoms with Gasteiger partial charge in [0.15, 0.2) is 24.4 Å². The van der Waals surface area contributed by atoms with E-state index in [1.54, 1.807) is 0 Å². The number of carbonyl (C=O) groups excluding carboxylic acids is 1. The molecule has 4 unspecified atom stereocenters. The second-order valence-electron chi connectivity index (χ2n) is 8.55. The summed E-state index contributed by atoms with van der Waals surface area (Å²) >= 11 is 0. The monoisotopic (exact) mass is 628 g/mol. The molecule has 0 spiro atoms. The van der Waals surface area contributed by atoms with Crippen molar-refractivity contribution in [3.05, 3.63) is 0 Å². The molecule has 0 aromatic carbocycles. The maximum Gasteiger partial charge on any atom is 0.483 e. The molecule has 4 heterocycles. The second kappa shape index (κ2) is 12.8. The van der Waals surface area contributed by atoms with Crippen LogP contribution >= 0.6 is 15.6 Å². The molecule has 4 aliphatic heterocycles. The van der Waals surface area contributed by atoms with E-state index in [4.69, 9.17) is 20.0 Å². The van der Waals surface area contributed by atoms with E-state index in [0.29, 0.717) is 0 Å². The number of hydrogen-bond donors (Lipinski definition) is 10. The van der Waals surface area contributed by atoms with Crippen molar-refractivity contribution in [1.82, 2.24) is 10.2 Å². The van der Waals surface area contributed by atoms with Gasteiger partial charge in [0, 0.05) is 29.6 Å². The Kier molecular flexibility index (Phi) is 10.8. The van der Waals surface area contributed by atoms with Crippen LogP contribution in [-0.4, -0.2) is 173 Å². The maximum atomic E-state index is 12.3. The SMILES string of the molecule is N=C1N=C2C(N=CN2[C@@H]2O[C@H](COP(=O)(O)OP(=O)(O)OC3O[C@H](CO)[C@@H](O)[C@H](O)[C@@H]3O)[C@@H](O)[C@H]2O)C(=O)N1.[Na]. The van der Waals surface area contributed by atoms with Crippen LogP contribution in [0.1, 0.15) is 0 Å². The molecule has 24 heteroatoms. The van der Waals surface area contributed by atoms with Gasteiger partial charge in [-0.25, -0.2) is 9.13 Å². The van der Waals surface area contributed by atoms with E-state index in [1.165, 1.54) is 0 Å². The molecule has 0 aromatic heterocycles. The number of phosphoric acid groups is 2. The zero-order valence-corrected chi connectivity index (χ0v) is 24.1. The van der Waals surface area contributed by atoms with Crippen LogP contribution in [0.5, 0.6) is 0 Å². The molecule has 2 fully saturated rings. The van der Waals surface area contributed by atoms with Gasteiger partial charge in [-0.05, 0) is 0 Å². The molecule has 1 radical (unpaired) electrons. The molecule has 40 heavy (non-hydrogen) atoms. The van der Waals surface area contributed by atoms with Gasteiger partial charge in [0.1, 0.15) is 42.7 Å². The number of nitrogens with zero attached hydrogens (tertiary/aromatic N) is 3. The number of rotatable bonds is 9. The minimum absolute atomic E-state index is 0. The van der Waals surface area contributed by atoms with Gasteiger partial charge >= 0.3 is 15.6 Å². The molecule has 1 amide bonds. The van der Waals surface area contributed by atoms with Gasteiger partial charge in [0.25, 0.3) is 5.91 Å². The average Bonchev–Trinajstić information content (AvgIpc) is 3.38. The fourth-order valence-corrected chi connectivity index (χ4v) is 6.11.